The fourth-order valence-electron chi connectivity index (χ4n) is 10.8. The number of fused-ring (bicyclic) bond motifs is 1. The summed E-state index contributed by atoms with van der Waals surface area (Å²) in [6.45, 7) is 27.1. The lowest BCUT2D eigenvalue weighted by atomic mass is 10.0. The number of benzene rings is 4. The number of allylic oxidation sites excluding steroid dienone is 2. The quantitative estimate of drug-likeness (QED) is 0.177. The van der Waals surface area contributed by atoms with Crippen LogP contribution in [0.15, 0.2) is 82.7 Å². The number of rotatable bonds is 7. The molecule has 1 aliphatic heterocycles. The van der Waals surface area contributed by atoms with Crippen LogP contribution in [-0.4, -0.2) is 36.8 Å². The van der Waals surface area contributed by atoms with Crippen LogP contribution < -0.4 is 20.7 Å². The van der Waals surface area contributed by atoms with Crippen molar-refractivity contribution in [3.05, 3.63) is 149 Å². The first kappa shape index (κ1) is 38.7. The molecule has 4 aromatic rings. The standard InChI is InChI=1S/C46H55ClO4Si2/c1-25-16-29(5)41(30(6)17-25)52(42-31(7)18-26(2)19-32(42)8)45-37(24-38(48-13)39(49-14)40(45)50-15)46(47)51-53(52,43-33(9)20-27(3)21-34(43)10)44-35(11)22-28(4)23-36(44)12/h16-24,45H,1-15H3. The van der Waals surface area contributed by atoms with Gasteiger partial charge in [-0.25, -0.2) is 0 Å². The highest BCUT2D eigenvalue weighted by molar-refractivity contribution is 7.59. The van der Waals surface area contributed by atoms with Crippen LogP contribution in [-0.2, 0) is 18.6 Å². The van der Waals surface area contributed by atoms with Crippen LogP contribution >= 0.6 is 11.6 Å². The van der Waals surface area contributed by atoms with E-state index in [-0.39, 0.29) is 5.54 Å². The number of hydrogen-bond acceptors (Lipinski definition) is 4. The molecule has 1 atom stereocenters. The first-order chi connectivity index (χ1) is 25.0. The average Bonchev–Trinajstić information content (AvgIpc) is 3.03. The van der Waals surface area contributed by atoms with Crippen molar-refractivity contribution >= 4 is 47.8 Å². The Labute approximate surface area is 324 Å². The van der Waals surface area contributed by atoms with Gasteiger partial charge >= 0.3 is 7.83 Å². The number of methoxy groups -OCH3 is 3. The predicted octanol–water partition coefficient (Wildman–Crippen LogP) is 8.69. The zero-order valence-electron chi connectivity index (χ0n) is 34.3. The van der Waals surface area contributed by atoms with Crippen LogP contribution in [0.4, 0.5) is 0 Å². The van der Waals surface area contributed by atoms with Crippen molar-refractivity contribution in [2.24, 2.45) is 0 Å². The second kappa shape index (κ2) is 14.0. The lowest BCUT2D eigenvalue weighted by Crippen LogP contribution is -2.91. The Morgan fingerprint density at radius 2 is 0.830 bits per heavy atom. The third-order valence-electron chi connectivity index (χ3n) is 11.6. The molecule has 53 heavy (non-hydrogen) atoms. The maximum atomic E-state index is 8.11. The SMILES string of the molecule is COC1=CC2=C(Cl)O[Si](c3c(C)cc(C)cc3C)(c3c(C)cc(C)cc3C)[Si](c3c(C)cc(C)cc3C)(c3c(C)cc(C)cc3C)C2C(OC)=C1OC. The molecule has 0 amide bonds. The second-order valence-corrected chi connectivity index (χ2v) is 26.2. The van der Waals surface area contributed by atoms with E-state index in [2.05, 4.69) is 138 Å². The first-order valence-corrected chi connectivity index (χ1v) is 23.9. The number of halogens is 1. The van der Waals surface area contributed by atoms with Crippen molar-refractivity contribution in [1.29, 1.82) is 0 Å². The summed E-state index contributed by atoms with van der Waals surface area (Å²) in [5.41, 5.74) is 15.4. The Morgan fingerprint density at radius 1 is 0.491 bits per heavy atom. The van der Waals surface area contributed by atoms with E-state index in [1.807, 2.05) is 0 Å². The molecule has 1 aliphatic carbocycles. The molecule has 0 spiro atoms. The Balaban J connectivity index is 2.12. The highest BCUT2D eigenvalue weighted by Gasteiger charge is 2.74. The molecule has 0 N–H and O–H groups in total. The van der Waals surface area contributed by atoms with Gasteiger partial charge in [-0.05, 0) is 144 Å². The lowest BCUT2D eigenvalue weighted by molar-refractivity contribution is 0.177. The minimum absolute atomic E-state index is 0.324. The van der Waals surface area contributed by atoms with Crippen molar-refractivity contribution in [1.82, 2.24) is 0 Å². The van der Waals surface area contributed by atoms with E-state index in [0.29, 0.717) is 16.7 Å². The van der Waals surface area contributed by atoms with Gasteiger partial charge in [-0.1, -0.05) is 93.0 Å². The molecule has 4 aromatic carbocycles. The van der Waals surface area contributed by atoms with Gasteiger partial charge < -0.3 is 18.6 Å². The maximum absolute atomic E-state index is 8.11. The lowest BCUT2D eigenvalue weighted by Gasteiger charge is -2.58. The summed E-state index contributed by atoms with van der Waals surface area (Å²) in [5.74, 6) is 1.89. The summed E-state index contributed by atoms with van der Waals surface area (Å²) in [5, 5.41) is 5.71. The van der Waals surface area contributed by atoms with E-state index in [4.69, 9.17) is 30.2 Å². The maximum Gasteiger partial charge on any atom is 0.310 e. The molecule has 0 aromatic heterocycles. The third kappa shape index (κ3) is 5.66. The minimum atomic E-state index is -3.68. The molecule has 0 saturated heterocycles. The highest BCUT2D eigenvalue weighted by Crippen LogP contribution is 2.54. The Kier molecular flexibility index (Phi) is 10.2. The Morgan fingerprint density at radius 3 is 1.13 bits per heavy atom. The fraction of sp³-hybridized carbons (Fsp3) is 0.348. The van der Waals surface area contributed by atoms with Gasteiger partial charge in [0.15, 0.2) is 24.3 Å². The molecule has 1 heterocycles. The molecule has 0 radical (unpaired) electrons. The third-order valence-corrected chi connectivity index (χ3v) is 28.7. The van der Waals surface area contributed by atoms with Crippen LogP contribution in [0.5, 0.6) is 0 Å². The smallest absolute Gasteiger partial charge is 0.310 e. The van der Waals surface area contributed by atoms with Crippen LogP contribution in [0.3, 0.4) is 0 Å². The molecule has 6 rings (SSSR count). The molecule has 4 nitrogen and oxygen atoms in total. The van der Waals surface area contributed by atoms with Gasteiger partial charge in [-0.2, -0.15) is 0 Å². The van der Waals surface area contributed by atoms with Gasteiger partial charge in [0, 0.05) is 5.57 Å². The minimum Gasteiger partial charge on any atom is -0.529 e. The summed E-state index contributed by atoms with van der Waals surface area (Å²) in [6, 6.07) is 18.8. The van der Waals surface area contributed by atoms with Crippen molar-refractivity contribution < 1.29 is 18.6 Å². The van der Waals surface area contributed by atoms with Crippen LogP contribution in [0.2, 0.25) is 5.54 Å². The van der Waals surface area contributed by atoms with E-state index in [0.717, 1.165) is 11.3 Å². The first-order valence-electron chi connectivity index (χ1n) is 18.5. The Bertz CT molecular complexity index is 2070. The van der Waals surface area contributed by atoms with E-state index >= 15 is 0 Å². The van der Waals surface area contributed by atoms with Crippen molar-refractivity contribution in [3.8, 4) is 0 Å². The fourth-order valence-corrected chi connectivity index (χ4v) is 34.0. The monoisotopic (exact) mass is 762 g/mol. The molecular weight excluding hydrogens is 708 g/mol. The van der Waals surface area contributed by atoms with Crippen LogP contribution in [0.1, 0.15) is 66.8 Å². The topological polar surface area (TPSA) is 36.9 Å². The molecule has 1 unspecified atom stereocenters. The van der Waals surface area contributed by atoms with E-state index in [1.54, 1.807) is 21.3 Å². The van der Waals surface area contributed by atoms with Crippen LogP contribution in [0, 0.1) is 83.1 Å². The van der Waals surface area contributed by atoms with Gasteiger partial charge in [0.1, 0.15) is 5.76 Å². The number of ether oxygens (including phenoxy) is 3. The van der Waals surface area contributed by atoms with Crippen molar-refractivity contribution in [2.45, 2.75) is 88.6 Å². The summed E-state index contributed by atoms with van der Waals surface area (Å²) < 4.78 is 27.2. The summed E-state index contributed by atoms with van der Waals surface area (Å²) in [7, 11) is -2.09. The van der Waals surface area contributed by atoms with Crippen molar-refractivity contribution in [2.75, 3.05) is 21.3 Å². The zero-order valence-corrected chi connectivity index (χ0v) is 37.0. The summed E-state index contributed by atoms with van der Waals surface area (Å²) in [6.07, 6.45) is 2.05. The van der Waals surface area contributed by atoms with E-state index in [1.165, 1.54) is 87.5 Å². The zero-order chi connectivity index (χ0) is 38.9. The Hall–Kier alpha value is -3.98. The molecule has 278 valence electrons. The number of hydrogen-bond donors (Lipinski definition) is 0. The van der Waals surface area contributed by atoms with Gasteiger partial charge in [0.05, 0.1) is 26.9 Å². The number of aryl methyl sites for hydroxylation is 12. The predicted molar refractivity (Wildman–Crippen MR) is 227 cm³/mol. The van der Waals surface area contributed by atoms with Gasteiger partial charge in [0.25, 0.3) is 0 Å². The average molecular weight is 764 g/mol. The van der Waals surface area contributed by atoms with Crippen LogP contribution in [0.25, 0.3) is 0 Å². The normalized spacial score (nSPS) is 17.7. The largest absolute Gasteiger partial charge is 0.529 e. The van der Waals surface area contributed by atoms with Gasteiger partial charge in [-0.3, -0.25) is 0 Å². The summed E-state index contributed by atoms with van der Waals surface area (Å²) >= 11 is 7.79. The molecule has 0 bridgehead atoms. The van der Waals surface area contributed by atoms with Gasteiger partial charge in [-0.15, -0.1) is 0 Å². The summed E-state index contributed by atoms with van der Waals surface area (Å²) in [4.78, 5) is 0. The van der Waals surface area contributed by atoms with E-state index in [9.17, 15) is 0 Å². The molecule has 0 saturated carbocycles. The molecule has 0 fully saturated rings. The molecule has 2 aliphatic rings. The molecule has 7 heteroatoms. The van der Waals surface area contributed by atoms with Gasteiger partial charge in [0.2, 0.25) is 0 Å². The molecular formula is C46H55ClO4Si2. The van der Waals surface area contributed by atoms with Crippen molar-refractivity contribution in [3.63, 3.8) is 0 Å². The van der Waals surface area contributed by atoms with E-state index < -0.39 is 15.4 Å². The second-order valence-electron chi connectivity index (χ2n) is 15.7. The highest BCUT2D eigenvalue weighted by atomic mass is 35.5.